The summed E-state index contributed by atoms with van der Waals surface area (Å²) in [7, 11) is 1.57. The molecule has 0 radical (unpaired) electrons. The van der Waals surface area contributed by atoms with E-state index in [2.05, 4.69) is 20.8 Å². The third kappa shape index (κ3) is 3.44. The van der Waals surface area contributed by atoms with Gasteiger partial charge in [-0.1, -0.05) is 0 Å². The van der Waals surface area contributed by atoms with E-state index in [-0.39, 0.29) is 12.0 Å². The highest BCUT2D eigenvalue weighted by molar-refractivity contribution is 7.14. The summed E-state index contributed by atoms with van der Waals surface area (Å²) in [4.78, 5) is 14.3. The minimum absolute atomic E-state index is 0.116. The Morgan fingerprint density at radius 3 is 3.04 bits per heavy atom. The van der Waals surface area contributed by atoms with Crippen molar-refractivity contribution in [3.05, 3.63) is 46.4 Å². The number of anilines is 1. The number of nitrogens with zero attached hydrogens (tertiary/aromatic N) is 4. The van der Waals surface area contributed by atoms with Gasteiger partial charge in [0.05, 0.1) is 23.8 Å². The van der Waals surface area contributed by atoms with Crippen LogP contribution in [0.15, 0.2) is 36.7 Å². The molecule has 1 aliphatic rings. The van der Waals surface area contributed by atoms with Crippen molar-refractivity contribution in [1.82, 2.24) is 20.2 Å². The lowest BCUT2D eigenvalue weighted by molar-refractivity contribution is 0.103. The van der Waals surface area contributed by atoms with Crippen molar-refractivity contribution in [2.45, 2.75) is 18.9 Å². The largest absolute Gasteiger partial charge is 0.497 e. The van der Waals surface area contributed by atoms with Crippen LogP contribution in [-0.2, 0) is 4.74 Å². The fraction of sp³-hybridized carbons (Fsp3) is 0.294. The molecule has 0 aliphatic carbocycles. The quantitative estimate of drug-likeness (QED) is 0.742. The van der Waals surface area contributed by atoms with E-state index in [4.69, 9.17) is 9.47 Å². The number of carbonyl (C=O) groups is 1. The normalized spacial score (nSPS) is 16.6. The van der Waals surface area contributed by atoms with Gasteiger partial charge in [0, 0.05) is 29.3 Å². The van der Waals surface area contributed by atoms with Crippen molar-refractivity contribution < 1.29 is 14.3 Å². The lowest BCUT2D eigenvalue weighted by Crippen LogP contribution is -2.11. The third-order valence-electron chi connectivity index (χ3n) is 4.10. The molecule has 1 saturated heterocycles. The zero-order valence-electron chi connectivity index (χ0n) is 14.1. The predicted octanol–water partition coefficient (Wildman–Crippen LogP) is 2.84. The maximum Gasteiger partial charge on any atom is 0.265 e. The van der Waals surface area contributed by atoms with Crippen LogP contribution in [0.3, 0.4) is 0 Å². The molecule has 134 valence electrons. The molecule has 1 fully saturated rings. The molecule has 8 nitrogen and oxygen atoms in total. The molecular formula is C17H17N5O3S. The number of rotatable bonds is 5. The van der Waals surface area contributed by atoms with Gasteiger partial charge in [-0.3, -0.25) is 4.79 Å². The molecule has 3 aromatic rings. The summed E-state index contributed by atoms with van der Waals surface area (Å²) in [6.45, 7) is 0.786. The van der Waals surface area contributed by atoms with Gasteiger partial charge < -0.3 is 14.8 Å². The Bertz CT molecular complexity index is 903. The van der Waals surface area contributed by atoms with E-state index in [1.807, 2.05) is 12.1 Å². The first kappa shape index (κ1) is 16.7. The molecule has 1 aromatic carbocycles. The van der Waals surface area contributed by atoms with E-state index in [0.29, 0.717) is 22.0 Å². The van der Waals surface area contributed by atoms with Crippen LogP contribution in [0, 0.1) is 0 Å². The van der Waals surface area contributed by atoms with E-state index >= 15 is 0 Å². The molecule has 0 saturated carbocycles. The maximum atomic E-state index is 12.6. The number of amides is 1. The van der Waals surface area contributed by atoms with Crippen LogP contribution in [0.2, 0.25) is 0 Å². The van der Waals surface area contributed by atoms with Crippen LogP contribution in [0.25, 0.3) is 5.69 Å². The van der Waals surface area contributed by atoms with E-state index < -0.39 is 0 Å². The second-order valence-electron chi connectivity index (χ2n) is 5.83. The van der Waals surface area contributed by atoms with Gasteiger partial charge in [0.25, 0.3) is 5.91 Å². The van der Waals surface area contributed by atoms with Crippen LogP contribution in [-0.4, -0.2) is 39.8 Å². The zero-order valence-corrected chi connectivity index (χ0v) is 14.9. The molecule has 3 heterocycles. The van der Waals surface area contributed by atoms with Gasteiger partial charge >= 0.3 is 0 Å². The van der Waals surface area contributed by atoms with E-state index in [9.17, 15) is 4.79 Å². The Morgan fingerprint density at radius 2 is 2.31 bits per heavy atom. The highest BCUT2D eigenvalue weighted by Gasteiger charge is 2.21. The molecule has 0 bridgehead atoms. The van der Waals surface area contributed by atoms with E-state index in [1.54, 1.807) is 25.3 Å². The lowest BCUT2D eigenvalue weighted by atomic mass is 10.2. The van der Waals surface area contributed by atoms with Gasteiger partial charge in [-0.25, -0.2) is 4.68 Å². The standard InChI is InChI=1S/C17H17N5O3S/c1-24-13-8-11(7-12(9-13)22-10-18-20-21-22)19-17(23)16-5-4-15(26-16)14-3-2-6-25-14/h4-5,7-10,14H,2-3,6H2,1H3,(H,19,23). The molecule has 26 heavy (non-hydrogen) atoms. The highest BCUT2D eigenvalue weighted by Crippen LogP contribution is 2.33. The summed E-state index contributed by atoms with van der Waals surface area (Å²) in [6.07, 6.45) is 3.67. The first-order valence-corrected chi connectivity index (χ1v) is 9.00. The molecule has 9 heteroatoms. The maximum absolute atomic E-state index is 12.6. The van der Waals surface area contributed by atoms with Gasteiger partial charge in [-0.2, -0.15) is 0 Å². The zero-order chi connectivity index (χ0) is 17.9. The van der Waals surface area contributed by atoms with E-state index in [0.717, 1.165) is 24.3 Å². The van der Waals surface area contributed by atoms with Crippen molar-refractivity contribution in [2.24, 2.45) is 0 Å². The fourth-order valence-electron chi connectivity index (χ4n) is 2.83. The summed E-state index contributed by atoms with van der Waals surface area (Å²) < 4.78 is 12.5. The summed E-state index contributed by atoms with van der Waals surface area (Å²) in [5, 5.41) is 14.0. The Balaban J connectivity index is 1.54. The number of benzene rings is 1. The number of tetrazole rings is 1. The van der Waals surface area contributed by atoms with Gasteiger partial charge in [0.1, 0.15) is 12.1 Å². The predicted molar refractivity (Wildman–Crippen MR) is 95.9 cm³/mol. The molecule has 2 aromatic heterocycles. The molecular weight excluding hydrogens is 354 g/mol. The van der Waals surface area contributed by atoms with Crippen molar-refractivity contribution in [2.75, 3.05) is 19.0 Å². The van der Waals surface area contributed by atoms with E-state index in [1.165, 1.54) is 22.3 Å². The number of aromatic nitrogens is 4. The molecule has 0 spiro atoms. The summed E-state index contributed by atoms with van der Waals surface area (Å²) in [5.74, 6) is 0.426. The molecule has 1 N–H and O–H groups in total. The molecule has 4 rings (SSSR count). The van der Waals surface area contributed by atoms with Gasteiger partial charge in [-0.15, -0.1) is 16.4 Å². The van der Waals surface area contributed by atoms with Crippen LogP contribution < -0.4 is 10.1 Å². The minimum Gasteiger partial charge on any atom is -0.497 e. The number of methoxy groups -OCH3 is 1. The number of thiophene rings is 1. The number of hydrogen-bond donors (Lipinski definition) is 1. The van der Waals surface area contributed by atoms with Crippen molar-refractivity contribution in [3.8, 4) is 11.4 Å². The summed E-state index contributed by atoms with van der Waals surface area (Å²) in [5.41, 5.74) is 1.29. The van der Waals surface area contributed by atoms with Crippen LogP contribution in [0.1, 0.15) is 33.5 Å². The Labute approximate surface area is 153 Å². The SMILES string of the molecule is COc1cc(NC(=O)c2ccc(C3CCCO3)s2)cc(-n2cnnn2)c1. The second-order valence-corrected chi connectivity index (χ2v) is 6.95. The first-order valence-electron chi connectivity index (χ1n) is 8.18. The number of hydrogen-bond acceptors (Lipinski definition) is 7. The van der Waals surface area contributed by atoms with Crippen LogP contribution in [0.5, 0.6) is 5.75 Å². The van der Waals surface area contributed by atoms with Gasteiger partial charge in [0.15, 0.2) is 0 Å². The second kappa shape index (κ2) is 7.22. The monoisotopic (exact) mass is 371 g/mol. The van der Waals surface area contributed by atoms with Crippen molar-refractivity contribution in [1.29, 1.82) is 0 Å². The number of ether oxygens (including phenoxy) is 2. The smallest absolute Gasteiger partial charge is 0.265 e. The van der Waals surface area contributed by atoms with Crippen molar-refractivity contribution in [3.63, 3.8) is 0 Å². The number of nitrogens with one attached hydrogen (secondary N) is 1. The summed E-state index contributed by atoms with van der Waals surface area (Å²) in [6, 6.07) is 9.12. The fourth-order valence-corrected chi connectivity index (χ4v) is 3.82. The Morgan fingerprint density at radius 1 is 1.38 bits per heavy atom. The minimum atomic E-state index is -0.171. The number of carbonyl (C=O) groups excluding carboxylic acids is 1. The Kier molecular flexibility index (Phi) is 4.63. The van der Waals surface area contributed by atoms with Crippen LogP contribution in [0.4, 0.5) is 5.69 Å². The Hall–Kier alpha value is -2.78. The average molecular weight is 371 g/mol. The van der Waals surface area contributed by atoms with Gasteiger partial charge in [-0.05, 0) is 41.5 Å². The third-order valence-corrected chi connectivity index (χ3v) is 5.27. The summed E-state index contributed by atoms with van der Waals surface area (Å²) >= 11 is 1.46. The highest BCUT2D eigenvalue weighted by atomic mass is 32.1. The molecule has 1 aliphatic heterocycles. The first-order chi connectivity index (χ1) is 12.7. The van der Waals surface area contributed by atoms with Crippen molar-refractivity contribution >= 4 is 22.9 Å². The van der Waals surface area contributed by atoms with Gasteiger partial charge in [0.2, 0.25) is 0 Å². The van der Waals surface area contributed by atoms with Crippen LogP contribution >= 0.6 is 11.3 Å². The molecule has 1 unspecified atom stereocenters. The molecule has 1 atom stereocenters. The topological polar surface area (TPSA) is 91.2 Å². The average Bonchev–Trinajstić information content (AvgIpc) is 3.43. The molecule has 1 amide bonds. The lowest BCUT2D eigenvalue weighted by Gasteiger charge is -2.09.